The third-order valence-corrected chi connectivity index (χ3v) is 26.2. The van der Waals surface area contributed by atoms with Crippen LogP contribution in [-0.2, 0) is 49.9 Å². The van der Waals surface area contributed by atoms with Crippen LogP contribution in [0.5, 0.6) is 0 Å². The van der Waals surface area contributed by atoms with Gasteiger partial charge in [-0.2, -0.15) is 0 Å². The van der Waals surface area contributed by atoms with Gasteiger partial charge in [-0.15, -0.1) is 0 Å². The Balaban J connectivity index is 0.000000124. The highest BCUT2D eigenvalue weighted by atomic mass is 19.1. The first-order valence-electron chi connectivity index (χ1n) is 47.3. The molecule has 616 valence electrons. The van der Waals surface area contributed by atoms with Gasteiger partial charge in [-0.05, 0) is 225 Å². The van der Waals surface area contributed by atoms with E-state index in [9.17, 15) is 4.39 Å². The van der Waals surface area contributed by atoms with Crippen LogP contribution in [0.4, 0.5) is 4.39 Å². The number of fused-ring (bicyclic) bond motifs is 12. The molecule has 0 amide bonds. The van der Waals surface area contributed by atoms with Crippen molar-refractivity contribution in [3.8, 4) is 134 Å². The first-order valence-corrected chi connectivity index (χ1v) is 42.8. The summed E-state index contributed by atoms with van der Waals surface area (Å²) in [6.45, 7) is 27.9. The molecule has 16 aromatic rings. The summed E-state index contributed by atoms with van der Waals surface area (Å²) in [5.74, 6) is -0.217. The molecule has 20 rings (SSSR count). The molecule has 4 aliphatic rings. The zero-order valence-electron chi connectivity index (χ0n) is 83.9. The number of rotatable bonds is 8. The van der Waals surface area contributed by atoms with Crippen molar-refractivity contribution in [2.45, 2.75) is 153 Å². The average Bonchev–Trinajstić information content (AvgIpc) is 1.56. The van der Waals surface area contributed by atoms with Crippen molar-refractivity contribution >= 4 is 0 Å². The molecule has 8 nitrogen and oxygen atoms in total. The molecular formula is C115H113FN8+4. The van der Waals surface area contributed by atoms with Crippen molar-refractivity contribution in [1.82, 2.24) is 19.9 Å². The van der Waals surface area contributed by atoms with Crippen LogP contribution in [0.1, 0.15) is 174 Å². The summed E-state index contributed by atoms with van der Waals surface area (Å²) in [7, 11) is 8.27. The monoisotopic (exact) mass is 1630 g/mol. The number of hydrogen-bond acceptors (Lipinski definition) is 4. The molecule has 8 heterocycles. The second-order valence-corrected chi connectivity index (χ2v) is 36.3. The first-order chi connectivity index (χ1) is 62.8. The molecule has 0 aliphatic heterocycles. The number of aryl methyl sites for hydroxylation is 15. The minimum Gasteiger partial charge on any atom is -0.257 e. The Bertz CT molecular complexity index is 7390. The lowest BCUT2D eigenvalue weighted by Gasteiger charge is -2.24. The Morgan fingerprint density at radius 1 is 0.258 bits per heavy atom. The maximum absolute atomic E-state index is 13.3. The molecule has 124 heavy (non-hydrogen) atoms. The smallest absolute Gasteiger partial charge is 0.213 e. The van der Waals surface area contributed by atoms with Crippen LogP contribution >= 0.6 is 0 Å². The normalized spacial score (nSPS) is 15.9. The van der Waals surface area contributed by atoms with Crippen LogP contribution in [0, 0.1) is 81.8 Å². The van der Waals surface area contributed by atoms with Crippen molar-refractivity contribution in [1.29, 1.82) is 0 Å². The third kappa shape index (κ3) is 14.5. The van der Waals surface area contributed by atoms with E-state index >= 15 is 0 Å². The van der Waals surface area contributed by atoms with E-state index in [4.69, 9.17) is 32.3 Å². The lowest BCUT2D eigenvalue weighted by Crippen LogP contribution is -2.32. The maximum Gasteiger partial charge on any atom is 0.213 e. The number of benzene rings is 8. The number of hydrogen-bond donors (Lipinski definition) is 0. The van der Waals surface area contributed by atoms with E-state index in [2.05, 4.69) is 277 Å². The number of pyridine rings is 8. The first kappa shape index (κ1) is 72.5. The second kappa shape index (κ2) is 31.7. The van der Waals surface area contributed by atoms with Gasteiger partial charge in [-0.25, -0.2) is 22.7 Å². The minimum atomic E-state index is -2.31. The van der Waals surface area contributed by atoms with Crippen LogP contribution in [0.3, 0.4) is 0 Å². The van der Waals surface area contributed by atoms with Gasteiger partial charge in [0.15, 0.2) is 24.8 Å². The molecule has 9 heteroatoms. The lowest BCUT2D eigenvalue weighted by molar-refractivity contribution is -0.660. The molecule has 8 aromatic heterocycles. The zero-order valence-corrected chi connectivity index (χ0v) is 74.9. The van der Waals surface area contributed by atoms with Gasteiger partial charge in [0, 0.05) is 126 Å². The predicted molar refractivity (Wildman–Crippen MR) is 507 cm³/mol. The van der Waals surface area contributed by atoms with Crippen LogP contribution in [0.15, 0.2) is 267 Å². The van der Waals surface area contributed by atoms with Gasteiger partial charge >= 0.3 is 0 Å². The van der Waals surface area contributed by atoms with E-state index in [0.717, 1.165) is 112 Å². The van der Waals surface area contributed by atoms with Crippen molar-refractivity contribution in [3.63, 3.8) is 0 Å². The zero-order chi connectivity index (χ0) is 95.2. The summed E-state index contributed by atoms with van der Waals surface area (Å²) >= 11 is 0. The summed E-state index contributed by atoms with van der Waals surface area (Å²) in [5, 5.41) is 0. The fourth-order valence-corrected chi connectivity index (χ4v) is 19.9. The quantitative estimate of drug-likeness (QED) is 0.142. The van der Waals surface area contributed by atoms with Gasteiger partial charge < -0.3 is 0 Å². The van der Waals surface area contributed by atoms with Crippen molar-refractivity contribution in [2.24, 2.45) is 28.2 Å². The Hall–Kier alpha value is -13.1. The minimum absolute atomic E-state index is 0.142. The second-order valence-electron chi connectivity index (χ2n) is 36.3. The molecule has 0 bridgehead atoms. The standard InChI is InChI=1S/3C29H29N2.C28H26FN2/c2*1-18-7-11-21(12-8-18)22-13-16-25(31(6)17-22)26-19(2)9-14-23-24-15-10-20(3)30-28(24)29(4,5)27(23)26;1-18-12-14-22-23-15-13-20(3)30-28(23)29(4,5)27(22)26(18)25-16-19(2)24(17-31(25)6)21-10-8-7-9-11-21;1-17-6-13-22-23-14-7-18(2)30-27(23)28(3,4)26(22)25(17)24-15-10-20(16-31(24)5)19-8-11-21(29)12-9-19/h3*7-17H,1-6H3;6-16H,1-5H3/q4*+1/i1D3,4D3;1D3;;. The molecule has 8 aromatic carbocycles. The number of halogens is 1. The molecule has 0 saturated carbocycles. The van der Waals surface area contributed by atoms with Gasteiger partial charge in [0.25, 0.3) is 0 Å². The highest BCUT2D eigenvalue weighted by Gasteiger charge is 2.46. The van der Waals surface area contributed by atoms with Gasteiger partial charge in [0.1, 0.15) is 34.0 Å². The molecule has 0 N–H and O–H groups in total. The van der Waals surface area contributed by atoms with Gasteiger partial charge in [0.05, 0.1) is 45.0 Å². The molecule has 0 saturated heterocycles. The summed E-state index contributed by atoms with van der Waals surface area (Å²) in [5.41, 5.74) is 44.9. The van der Waals surface area contributed by atoms with E-state index < -0.39 is 26.0 Å². The molecule has 0 radical (unpaired) electrons. The number of aromatic nitrogens is 8. The van der Waals surface area contributed by atoms with E-state index in [1.165, 1.54) is 124 Å². The largest absolute Gasteiger partial charge is 0.257 e. The Kier molecular flexibility index (Phi) is 18.5. The van der Waals surface area contributed by atoms with Crippen LogP contribution < -0.4 is 18.3 Å². The molecule has 0 fully saturated rings. The van der Waals surface area contributed by atoms with Crippen LogP contribution in [-0.4, -0.2) is 19.9 Å². The Labute approximate surface area is 746 Å². The number of nitrogens with zero attached hydrogens (tertiary/aromatic N) is 8. The highest BCUT2D eigenvalue weighted by Crippen LogP contribution is 2.57. The van der Waals surface area contributed by atoms with Crippen LogP contribution in [0.25, 0.3) is 134 Å². The Morgan fingerprint density at radius 3 is 0.855 bits per heavy atom. The van der Waals surface area contributed by atoms with Crippen molar-refractivity contribution < 1.29 is 35.0 Å². The van der Waals surface area contributed by atoms with Gasteiger partial charge in [-0.3, -0.25) is 19.9 Å². The highest BCUT2D eigenvalue weighted by molar-refractivity contribution is 5.92. The Morgan fingerprint density at radius 2 is 0.540 bits per heavy atom. The summed E-state index contributed by atoms with van der Waals surface area (Å²) in [6.07, 6.45) is 8.51. The molecule has 1 atom stereocenters. The van der Waals surface area contributed by atoms with E-state index in [-0.39, 0.29) is 22.1 Å². The van der Waals surface area contributed by atoms with E-state index in [0.29, 0.717) is 16.8 Å². The van der Waals surface area contributed by atoms with Crippen molar-refractivity contribution in [2.75, 3.05) is 0 Å². The summed E-state index contributed by atoms with van der Waals surface area (Å²) in [6, 6.07) is 80.7. The van der Waals surface area contributed by atoms with E-state index in [1.807, 2.05) is 104 Å². The SMILES string of the molecule is Cc1ccc2c(n1)C(C)(C)c1c-2ccc(C)c1-c1cc(C)c(-c2ccccc2)c[n+]1C.Cc1ccc2c(n1)C(C)(C)c1c-2ccc(C)c1-c1ccc(-c2ccc(F)cc2)c[n+]1C.[2H]C([2H])([2H])c1ccc(-c2ccc(-c3c(C)ccc4c3C(C)(C([2H])([2H])[2H])c3nc(C)ccc3-4)[n+](C)c2)cc1.[2H]C([2H])([2H])c1ccc(-c2ccc(-c3c(C)ccc4c3C(C)(C)c3nc(C)ccc3-4)[n+](C)c2)cc1. The molecular weight excluding hydrogens is 1510 g/mol. The van der Waals surface area contributed by atoms with Gasteiger partial charge in [-0.1, -0.05) is 230 Å². The average molecular weight is 1640 g/mol. The summed E-state index contributed by atoms with van der Waals surface area (Å²) in [4.78, 5) is 19.6. The van der Waals surface area contributed by atoms with Gasteiger partial charge in [0.2, 0.25) is 22.8 Å². The topological polar surface area (TPSA) is 67.1 Å². The fourth-order valence-electron chi connectivity index (χ4n) is 19.9. The summed E-state index contributed by atoms with van der Waals surface area (Å²) < 4.78 is 93.4. The van der Waals surface area contributed by atoms with Crippen LogP contribution in [0.2, 0.25) is 0 Å². The molecule has 4 aliphatic carbocycles. The van der Waals surface area contributed by atoms with E-state index in [1.54, 1.807) is 31.2 Å². The fraction of sp³-hybridized carbons (Fsp3) is 0.235. The third-order valence-electron chi connectivity index (χ3n) is 26.2. The molecule has 0 spiro atoms. The van der Waals surface area contributed by atoms with Crippen molar-refractivity contribution in [3.05, 3.63) is 380 Å². The molecule has 1 unspecified atom stereocenters. The maximum atomic E-state index is 13.3. The lowest BCUT2D eigenvalue weighted by atomic mass is 9.79. The predicted octanol–water partition coefficient (Wildman–Crippen LogP) is 25.7.